The summed E-state index contributed by atoms with van der Waals surface area (Å²) in [5.74, 6) is 2.48. The molecule has 0 unspecified atom stereocenters. The molecule has 166 valence electrons. The number of rotatable bonds is 21. The molecule has 0 bridgehead atoms. The molecule has 0 saturated heterocycles. The highest BCUT2D eigenvalue weighted by atomic mass is 33.1. The number of ether oxygens (including phenoxy) is 4. The zero-order chi connectivity index (χ0) is 21.1. The molecule has 0 aromatic rings. The molecule has 0 fully saturated rings. The van der Waals surface area contributed by atoms with E-state index in [0.29, 0.717) is 0 Å². The maximum absolute atomic E-state index is 5.63. The highest BCUT2D eigenvalue weighted by Crippen LogP contribution is 2.26. The minimum absolute atomic E-state index is 0.336. The van der Waals surface area contributed by atoms with E-state index in [2.05, 4.69) is 13.8 Å². The van der Waals surface area contributed by atoms with Gasteiger partial charge in [0.2, 0.25) is 0 Å². The lowest BCUT2D eigenvalue weighted by Gasteiger charge is -2.30. The Hall–Kier alpha value is 0.974. The van der Waals surface area contributed by atoms with Crippen LogP contribution < -0.4 is 0 Å². The third-order valence-corrected chi connectivity index (χ3v) is 10.8. The summed E-state index contributed by atoms with van der Waals surface area (Å²) in [6, 6.07) is 2.40. The average Bonchev–Trinajstić information content (AvgIpc) is 2.73. The summed E-state index contributed by atoms with van der Waals surface area (Å²) in [7, 11) is 12.6. The van der Waals surface area contributed by atoms with Crippen LogP contribution >= 0.6 is 21.6 Å². The Morgan fingerprint density at radius 2 is 0.964 bits per heavy atom. The van der Waals surface area contributed by atoms with Crippen LogP contribution in [0.25, 0.3) is 0 Å². The van der Waals surface area contributed by atoms with Gasteiger partial charge in [-0.15, -0.1) is 0 Å². The molecule has 0 aliphatic rings. The summed E-state index contributed by atoms with van der Waals surface area (Å²) in [5.41, 5.74) is -0.671. The number of unbranched alkanes of at least 4 members (excludes halogenated alkanes) is 2. The molecule has 0 amide bonds. The van der Waals surface area contributed by atoms with Crippen molar-refractivity contribution in [3.05, 3.63) is 0 Å². The monoisotopic (exact) mass is 466 g/mol. The van der Waals surface area contributed by atoms with Crippen LogP contribution in [0.15, 0.2) is 0 Å². The first kappa shape index (κ1) is 29.0. The van der Waals surface area contributed by atoms with Gasteiger partial charge in [-0.25, -0.2) is 0 Å². The highest BCUT2D eigenvalue weighted by Gasteiger charge is 2.29. The van der Waals surface area contributed by atoms with Crippen LogP contribution in [0, 0.1) is 0 Å². The van der Waals surface area contributed by atoms with Gasteiger partial charge >= 0.3 is 0 Å². The first-order chi connectivity index (χ1) is 13.6. The van der Waals surface area contributed by atoms with E-state index >= 15 is 0 Å². The highest BCUT2D eigenvalue weighted by molar-refractivity contribution is 8.76. The van der Waals surface area contributed by atoms with E-state index in [9.17, 15) is 0 Å². The first-order valence-electron chi connectivity index (χ1n) is 10.5. The summed E-state index contributed by atoms with van der Waals surface area (Å²) >= 11 is 0. The zero-order valence-electron chi connectivity index (χ0n) is 18.9. The second-order valence-corrected chi connectivity index (χ2v) is 12.7. The van der Waals surface area contributed by atoms with Crippen molar-refractivity contribution in [3.63, 3.8) is 0 Å². The van der Waals surface area contributed by atoms with Crippen molar-refractivity contribution < 1.29 is 18.9 Å². The fraction of sp³-hybridized carbons (Fsp3) is 1.00. The molecule has 0 saturated carbocycles. The predicted molar refractivity (Wildman–Crippen MR) is 128 cm³/mol. The van der Waals surface area contributed by atoms with Gasteiger partial charge in [-0.2, -0.15) is 0 Å². The molecular weight excluding hydrogens is 425 g/mol. The van der Waals surface area contributed by atoms with Gasteiger partial charge in [0, 0.05) is 39.9 Å². The van der Waals surface area contributed by atoms with Gasteiger partial charge in [0.15, 0.2) is 0 Å². The Balaban J connectivity index is 3.60. The van der Waals surface area contributed by atoms with Gasteiger partial charge in [0.05, 0.1) is 0 Å². The van der Waals surface area contributed by atoms with Gasteiger partial charge in [0.25, 0.3) is 0 Å². The SMILES string of the molecule is CCCC(OC)(OC)[Si]CCCCSSCCCC[Si]C(CCC)(OC)OC. The molecule has 0 N–H and O–H groups in total. The van der Waals surface area contributed by atoms with Crippen LogP contribution in [0.3, 0.4) is 0 Å². The van der Waals surface area contributed by atoms with Crippen LogP contribution in [-0.2, 0) is 18.9 Å². The van der Waals surface area contributed by atoms with Crippen molar-refractivity contribution in [1.82, 2.24) is 0 Å². The summed E-state index contributed by atoms with van der Waals surface area (Å²) in [4.78, 5) is 0. The molecule has 8 heteroatoms. The molecule has 4 radical (unpaired) electrons. The van der Waals surface area contributed by atoms with E-state index in [0.717, 1.165) is 44.7 Å². The summed E-state index contributed by atoms with van der Waals surface area (Å²) < 4.78 is 22.5. The van der Waals surface area contributed by atoms with Crippen LogP contribution in [0.2, 0.25) is 12.1 Å². The largest absolute Gasteiger partial charge is 0.358 e. The predicted octanol–water partition coefficient (Wildman–Crippen LogP) is 5.67. The number of hydrogen-bond donors (Lipinski definition) is 0. The first-order valence-corrected chi connectivity index (χ1v) is 15.4. The maximum Gasteiger partial charge on any atom is 0.146 e. The summed E-state index contributed by atoms with van der Waals surface area (Å²) in [6.45, 7) is 4.37. The van der Waals surface area contributed by atoms with Crippen LogP contribution in [-0.4, -0.2) is 69.8 Å². The van der Waals surface area contributed by atoms with Crippen molar-refractivity contribution in [3.8, 4) is 0 Å². The van der Waals surface area contributed by atoms with E-state index < -0.39 is 0 Å². The molecule has 0 heterocycles. The van der Waals surface area contributed by atoms with Gasteiger partial charge in [0.1, 0.15) is 29.9 Å². The Kier molecular flexibility index (Phi) is 19.4. The molecule has 0 aromatic carbocycles. The standard InChI is InChI=1S/C20H42O4S2Si2/c1-7-13-19(21-3,22-4)27-17-11-9-15-25-26-16-10-12-18-28-20(23-5,24-6)14-8-2/h7-18H2,1-6H3. The Bertz CT molecular complexity index is 312. The van der Waals surface area contributed by atoms with E-state index in [1.54, 1.807) is 28.4 Å². The molecule has 0 rings (SSSR count). The van der Waals surface area contributed by atoms with Gasteiger partial charge in [-0.05, 0) is 25.7 Å². The van der Waals surface area contributed by atoms with Crippen LogP contribution in [0.5, 0.6) is 0 Å². The van der Waals surface area contributed by atoms with Crippen LogP contribution in [0.1, 0.15) is 65.2 Å². The fourth-order valence-corrected chi connectivity index (χ4v) is 8.29. The molecular formula is C20H42O4S2Si2. The minimum atomic E-state index is -0.336. The Morgan fingerprint density at radius 3 is 1.25 bits per heavy atom. The lowest BCUT2D eigenvalue weighted by molar-refractivity contribution is -0.149. The fourth-order valence-electron chi connectivity index (χ4n) is 2.95. The van der Waals surface area contributed by atoms with Crippen molar-refractivity contribution in [2.75, 3.05) is 39.9 Å². The van der Waals surface area contributed by atoms with Crippen molar-refractivity contribution in [2.24, 2.45) is 0 Å². The smallest absolute Gasteiger partial charge is 0.146 e. The number of methoxy groups -OCH3 is 4. The van der Waals surface area contributed by atoms with Gasteiger partial charge < -0.3 is 18.9 Å². The Morgan fingerprint density at radius 1 is 0.607 bits per heavy atom. The molecule has 0 atom stereocenters. The lowest BCUT2D eigenvalue weighted by Crippen LogP contribution is -2.40. The van der Waals surface area contributed by atoms with E-state index in [4.69, 9.17) is 18.9 Å². The average molecular weight is 467 g/mol. The van der Waals surface area contributed by atoms with Crippen molar-refractivity contribution in [2.45, 2.75) is 88.1 Å². The van der Waals surface area contributed by atoms with Gasteiger partial charge in [-0.1, -0.05) is 73.2 Å². The second kappa shape index (κ2) is 18.7. The lowest BCUT2D eigenvalue weighted by atomic mass is 10.3. The summed E-state index contributed by atoms with van der Waals surface area (Å²) in [6.07, 6.45) is 9.25. The maximum atomic E-state index is 5.63. The zero-order valence-corrected chi connectivity index (χ0v) is 22.6. The molecule has 0 aliphatic heterocycles. The minimum Gasteiger partial charge on any atom is -0.358 e. The van der Waals surface area contributed by atoms with E-state index in [-0.39, 0.29) is 10.8 Å². The quantitative estimate of drug-likeness (QED) is 0.0939. The van der Waals surface area contributed by atoms with Crippen molar-refractivity contribution in [1.29, 1.82) is 0 Å². The topological polar surface area (TPSA) is 36.9 Å². The van der Waals surface area contributed by atoms with Gasteiger partial charge in [-0.3, -0.25) is 0 Å². The second-order valence-electron chi connectivity index (χ2n) is 6.73. The molecule has 4 nitrogen and oxygen atoms in total. The van der Waals surface area contributed by atoms with Crippen LogP contribution in [0.4, 0.5) is 0 Å². The third kappa shape index (κ3) is 12.6. The molecule has 0 aromatic heterocycles. The van der Waals surface area contributed by atoms with Crippen molar-refractivity contribution >= 4 is 40.6 Å². The summed E-state index contributed by atoms with van der Waals surface area (Å²) in [5, 5.41) is 0. The normalized spacial score (nSPS) is 12.6. The number of hydrogen-bond acceptors (Lipinski definition) is 6. The molecule has 0 aliphatic carbocycles. The Labute approximate surface area is 187 Å². The van der Waals surface area contributed by atoms with E-state index in [1.165, 1.54) is 49.3 Å². The molecule has 0 spiro atoms. The molecule has 28 heavy (non-hydrogen) atoms. The third-order valence-electron chi connectivity index (χ3n) is 4.66. The van der Waals surface area contributed by atoms with E-state index in [1.807, 2.05) is 21.6 Å².